The summed E-state index contributed by atoms with van der Waals surface area (Å²) in [6, 6.07) is 2.51. The Bertz CT molecular complexity index is 1220. The lowest BCUT2D eigenvalue weighted by Crippen LogP contribution is -2.60. The van der Waals surface area contributed by atoms with Crippen molar-refractivity contribution < 1.29 is 22.7 Å². The number of hydrogen-bond acceptors (Lipinski definition) is 7. The molecular formula is C20H18F3N7O2. The van der Waals surface area contributed by atoms with E-state index in [0.717, 1.165) is 12.3 Å². The topological polar surface area (TPSA) is 89.3 Å². The molecule has 0 aromatic carbocycles. The number of halogens is 3. The molecule has 3 aliphatic rings. The molecule has 6 rings (SSSR count). The number of fused-ring (bicyclic) bond motifs is 1. The summed E-state index contributed by atoms with van der Waals surface area (Å²) in [7, 11) is 0. The van der Waals surface area contributed by atoms with Crippen LogP contribution in [0.15, 0.2) is 30.7 Å². The highest BCUT2D eigenvalue weighted by atomic mass is 19.4. The number of hydrogen-bond donors (Lipinski definition) is 0. The minimum Gasteiger partial charge on any atom is -0.377 e. The van der Waals surface area contributed by atoms with Crippen LogP contribution in [-0.2, 0) is 15.7 Å². The van der Waals surface area contributed by atoms with Crippen LogP contribution in [0.3, 0.4) is 0 Å². The third kappa shape index (κ3) is 2.85. The molecule has 0 saturated carbocycles. The van der Waals surface area contributed by atoms with Gasteiger partial charge in [-0.3, -0.25) is 9.78 Å². The summed E-state index contributed by atoms with van der Waals surface area (Å²) in [6.45, 7) is 2.43. The Morgan fingerprint density at radius 1 is 1.16 bits per heavy atom. The number of amides is 1. The van der Waals surface area contributed by atoms with Gasteiger partial charge in [0, 0.05) is 31.5 Å². The SMILES string of the molecule is O=C1N(c2ccnc(C(F)(F)F)c2)CCC12CN(c1cnc3cnn(C4COC4)c3n1)C2. The summed E-state index contributed by atoms with van der Waals surface area (Å²) in [5.74, 6) is 0.485. The van der Waals surface area contributed by atoms with E-state index in [-0.39, 0.29) is 17.6 Å². The Kier molecular flexibility index (Phi) is 4.01. The molecule has 9 nitrogen and oxygen atoms in total. The zero-order chi connectivity index (χ0) is 22.1. The predicted molar refractivity (Wildman–Crippen MR) is 106 cm³/mol. The van der Waals surface area contributed by atoms with Crippen LogP contribution in [0.2, 0.25) is 0 Å². The molecule has 0 aliphatic carbocycles. The molecule has 1 spiro atoms. The number of pyridine rings is 1. The van der Waals surface area contributed by atoms with Gasteiger partial charge in [0.05, 0.1) is 31.0 Å². The average molecular weight is 445 g/mol. The molecule has 3 aromatic heterocycles. The first-order chi connectivity index (χ1) is 15.3. The molecule has 3 aromatic rings. The standard InChI is InChI=1S/C20H18F3N7O2/c21-20(22,23)15-5-12(1-3-24-15)29-4-2-19(18(29)31)10-28(11-19)16-7-25-14-6-26-30(17(14)27-16)13-8-32-9-13/h1,3,5-7,13H,2,4,8-11H2. The summed E-state index contributed by atoms with van der Waals surface area (Å²) in [6.07, 6.45) is 0.432. The van der Waals surface area contributed by atoms with Gasteiger partial charge in [0.2, 0.25) is 5.91 Å². The van der Waals surface area contributed by atoms with Gasteiger partial charge in [0.25, 0.3) is 0 Å². The molecule has 0 bridgehead atoms. The number of carbonyl (C=O) groups is 1. The maximum Gasteiger partial charge on any atom is 0.433 e. The van der Waals surface area contributed by atoms with Gasteiger partial charge in [-0.15, -0.1) is 0 Å². The van der Waals surface area contributed by atoms with E-state index in [1.54, 1.807) is 12.4 Å². The Balaban J connectivity index is 1.21. The van der Waals surface area contributed by atoms with Crippen LogP contribution in [0.25, 0.3) is 11.2 Å². The summed E-state index contributed by atoms with van der Waals surface area (Å²) in [4.78, 5) is 29.1. The molecule has 166 valence electrons. The van der Waals surface area contributed by atoms with Crippen molar-refractivity contribution in [3.63, 3.8) is 0 Å². The number of alkyl halides is 3. The first-order valence-corrected chi connectivity index (χ1v) is 10.2. The van der Waals surface area contributed by atoms with Crippen LogP contribution < -0.4 is 9.80 Å². The molecule has 3 saturated heterocycles. The minimum absolute atomic E-state index is 0.145. The van der Waals surface area contributed by atoms with E-state index in [0.29, 0.717) is 56.3 Å². The first kappa shape index (κ1) is 19.4. The average Bonchev–Trinajstić information content (AvgIpc) is 3.26. The second kappa shape index (κ2) is 6.61. The van der Waals surface area contributed by atoms with Crippen LogP contribution in [0.5, 0.6) is 0 Å². The van der Waals surface area contributed by atoms with Gasteiger partial charge >= 0.3 is 6.18 Å². The zero-order valence-corrected chi connectivity index (χ0v) is 16.8. The molecule has 32 heavy (non-hydrogen) atoms. The molecule has 3 fully saturated rings. The van der Waals surface area contributed by atoms with Gasteiger partial charge in [0.1, 0.15) is 23.1 Å². The molecule has 3 aliphatic heterocycles. The van der Waals surface area contributed by atoms with Crippen molar-refractivity contribution in [3.8, 4) is 0 Å². The second-order valence-electron chi connectivity index (χ2n) is 8.46. The van der Waals surface area contributed by atoms with Crippen LogP contribution >= 0.6 is 0 Å². The fourth-order valence-corrected chi connectivity index (χ4v) is 4.54. The number of anilines is 2. The smallest absolute Gasteiger partial charge is 0.377 e. The highest BCUT2D eigenvalue weighted by molar-refractivity contribution is 6.01. The molecule has 0 atom stereocenters. The van der Waals surface area contributed by atoms with Crippen LogP contribution in [0, 0.1) is 5.41 Å². The number of rotatable bonds is 3. The number of carbonyl (C=O) groups excluding carboxylic acids is 1. The molecule has 0 radical (unpaired) electrons. The number of ether oxygens (including phenoxy) is 1. The first-order valence-electron chi connectivity index (χ1n) is 10.2. The lowest BCUT2D eigenvalue weighted by molar-refractivity contribution is -0.141. The van der Waals surface area contributed by atoms with Crippen molar-refractivity contribution in [3.05, 3.63) is 36.4 Å². The fourth-order valence-electron chi connectivity index (χ4n) is 4.54. The predicted octanol–water partition coefficient (Wildman–Crippen LogP) is 2.05. The van der Waals surface area contributed by atoms with E-state index in [4.69, 9.17) is 9.72 Å². The van der Waals surface area contributed by atoms with Crippen molar-refractivity contribution in [2.24, 2.45) is 5.41 Å². The van der Waals surface area contributed by atoms with E-state index >= 15 is 0 Å². The van der Waals surface area contributed by atoms with E-state index in [9.17, 15) is 18.0 Å². The van der Waals surface area contributed by atoms with E-state index in [1.807, 2.05) is 9.58 Å². The summed E-state index contributed by atoms with van der Waals surface area (Å²) in [5, 5.41) is 4.36. The fraction of sp³-hybridized carbons (Fsp3) is 0.450. The number of nitrogens with zero attached hydrogens (tertiary/aromatic N) is 7. The Labute approximate surface area is 179 Å². The normalized spacial score (nSPS) is 20.8. The van der Waals surface area contributed by atoms with E-state index < -0.39 is 17.3 Å². The van der Waals surface area contributed by atoms with Gasteiger partial charge in [-0.25, -0.2) is 14.6 Å². The van der Waals surface area contributed by atoms with Gasteiger partial charge < -0.3 is 14.5 Å². The summed E-state index contributed by atoms with van der Waals surface area (Å²) >= 11 is 0. The third-order valence-corrected chi connectivity index (χ3v) is 6.43. The Hall–Kier alpha value is -3.28. The van der Waals surface area contributed by atoms with Crippen molar-refractivity contribution in [1.82, 2.24) is 24.7 Å². The van der Waals surface area contributed by atoms with Gasteiger partial charge in [0.15, 0.2) is 5.65 Å². The minimum atomic E-state index is -4.56. The van der Waals surface area contributed by atoms with Crippen molar-refractivity contribution in [1.29, 1.82) is 0 Å². The van der Waals surface area contributed by atoms with E-state index in [1.165, 1.54) is 11.0 Å². The summed E-state index contributed by atoms with van der Waals surface area (Å²) < 4.78 is 46.1. The van der Waals surface area contributed by atoms with Crippen LogP contribution in [0.1, 0.15) is 18.2 Å². The lowest BCUT2D eigenvalue weighted by Gasteiger charge is -2.46. The maximum absolute atomic E-state index is 13.1. The summed E-state index contributed by atoms with van der Waals surface area (Å²) in [5.41, 5.74) is -0.0401. The van der Waals surface area contributed by atoms with Crippen LogP contribution in [-0.4, -0.2) is 63.5 Å². The third-order valence-electron chi connectivity index (χ3n) is 6.43. The molecule has 12 heteroatoms. The van der Waals surface area contributed by atoms with Crippen LogP contribution in [0.4, 0.5) is 24.7 Å². The lowest BCUT2D eigenvalue weighted by atomic mass is 9.78. The second-order valence-corrected chi connectivity index (χ2v) is 8.46. The molecule has 0 N–H and O–H groups in total. The van der Waals surface area contributed by atoms with Gasteiger partial charge in [-0.2, -0.15) is 18.3 Å². The maximum atomic E-state index is 13.1. The Morgan fingerprint density at radius 2 is 1.97 bits per heavy atom. The van der Waals surface area contributed by atoms with Gasteiger partial charge in [-0.1, -0.05) is 0 Å². The van der Waals surface area contributed by atoms with E-state index in [2.05, 4.69) is 15.1 Å². The van der Waals surface area contributed by atoms with Gasteiger partial charge in [-0.05, 0) is 18.6 Å². The van der Waals surface area contributed by atoms with Crippen molar-refractivity contribution in [2.45, 2.75) is 18.6 Å². The quantitative estimate of drug-likeness (QED) is 0.610. The molecule has 0 unspecified atom stereocenters. The highest BCUT2D eigenvalue weighted by Crippen LogP contribution is 2.44. The Morgan fingerprint density at radius 3 is 2.69 bits per heavy atom. The number of aromatic nitrogens is 5. The highest BCUT2D eigenvalue weighted by Gasteiger charge is 2.55. The molecular weight excluding hydrogens is 427 g/mol. The monoisotopic (exact) mass is 445 g/mol. The molecule has 1 amide bonds. The molecule has 6 heterocycles. The van der Waals surface area contributed by atoms with Crippen molar-refractivity contribution in [2.75, 3.05) is 42.6 Å². The zero-order valence-electron chi connectivity index (χ0n) is 16.8. The largest absolute Gasteiger partial charge is 0.433 e. The van der Waals surface area contributed by atoms with Crippen molar-refractivity contribution >= 4 is 28.6 Å².